The van der Waals surface area contributed by atoms with Crippen LogP contribution in [0.25, 0.3) is 0 Å². The number of nitrogens with one attached hydrogen (secondary N) is 1. The molecule has 5 nitrogen and oxygen atoms in total. The van der Waals surface area contributed by atoms with E-state index in [1.807, 2.05) is 6.92 Å². The summed E-state index contributed by atoms with van der Waals surface area (Å²) in [7, 11) is -3.59. The molecule has 8 heteroatoms. The van der Waals surface area contributed by atoms with Gasteiger partial charge in [-0.25, -0.2) is 13.4 Å². The Morgan fingerprint density at radius 2 is 2.29 bits per heavy atom. The quantitative estimate of drug-likeness (QED) is 0.900. The van der Waals surface area contributed by atoms with E-state index < -0.39 is 10.0 Å². The first-order chi connectivity index (χ1) is 8.01. The first-order valence-corrected chi connectivity index (χ1v) is 7.83. The number of aliphatic hydroxyl groups is 1. The Hall–Kier alpha value is -0.960. The fourth-order valence-corrected chi connectivity index (χ4v) is 4.20. The number of aryl methyl sites for hydroxylation is 1. The van der Waals surface area contributed by atoms with Crippen LogP contribution < -0.4 is 4.72 Å². The maximum Gasteiger partial charge on any atom is 0.264 e. The molecule has 17 heavy (non-hydrogen) atoms. The summed E-state index contributed by atoms with van der Waals surface area (Å²) >= 11 is 2.48. The third kappa shape index (κ3) is 2.83. The summed E-state index contributed by atoms with van der Waals surface area (Å²) in [5, 5.41) is 10.7. The van der Waals surface area contributed by atoms with Crippen LogP contribution in [0, 0.1) is 6.92 Å². The largest absolute Gasteiger partial charge is 0.391 e. The van der Waals surface area contributed by atoms with E-state index in [1.165, 1.54) is 34.1 Å². The summed E-state index contributed by atoms with van der Waals surface area (Å²) in [5.74, 6) is 0. The van der Waals surface area contributed by atoms with E-state index in [0.29, 0.717) is 10.0 Å². The molecule has 2 aromatic rings. The number of thiophene rings is 1. The second-order valence-electron chi connectivity index (χ2n) is 3.29. The number of nitrogens with zero attached hydrogens (tertiary/aromatic N) is 1. The smallest absolute Gasteiger partial charge is 0.264 e. The van der Waals surface area contributed by atoms with Crippen molar-refractivity contribution < 1.29 is 13.5 Å². The number of rotatable bonds is 4. The van der Waals surface area contributed by atoms with Gasteiger partial charge in [-0.15, -0.1) is 22.7 Å². The maximum absolute atomic E-state index is 11.9. The Bertz CT molecular complexity index is 615. The monoisotopic (exact) mass is 290 g/mol. The number of sulfonamides is 1. The van der Waals surface area contributed by atoms with Gasteiger partial charge < -0.3 is 5.11 Å². The van der Waals surface area contributed by atoms with Crippen molar-refractivity contribution in [1.82, 2.24) is 4.98 Å². The zero-order valence-corrected chi connectivity index (χ0v) is 11.3. The molecule has 0 spiro atoms. The molecular formula is C9H10N2O3S3. The van der Waals surface area contributed by atoms with Crippen LogP contribution in [-0.4, -0.2) is 18.5 Å². The van der Waals surface area contributed by atoms with Gasteiger partial charge in [0.2, 0.25) is 0 Å². The Morgan fingerprint density at radius 3 is 2.82 bits per heavy atom. The van der Waals surface area contributed by atoms with Crippen LogP contribution in [0.2, 0.25) is 0 Å². The van der Waals surface area contributed by atoms with Crippen LogP contribution in [0.15, 0.2) is 22.5 Å². The Labute approximate surface area is 107 Å². The molecule has 0 saturated carbocycles. The third-order valence-corrected chi connectivity index (χ3v) is 5.29. The molecule has 0 unspecified atom stereocenters. The lowest BCUT2D eigenvalue weighted by molar-refractivity contribution is 0.285. The number of aromatic nitrogens is 1. The van der Waals surface area contributed by atoms with E-state index in [2.05, 4.69) is 9.71 Å². The molecule has 0 aliphatic rings. The Kier molecular flexibility index (Phi) is 3.48. The van der Waals surface area contributed by atoms with Gasteiger partial charge in [-0.3, -0.25) is 4.72 Å². The van der Waals surface area contributed by atoms with Crippen LogP contribution in [-0.2, 0) is 16.6 Å². The molecule has 0 amide bonds. The second kappa shape index (κ2) is 4.73. The van der Waals surface area contributed by atoms with E-state index in [9.17, 15) is 8.42 Å². The number of aliphatic hydroxyl groups excluding tert-OH is 1. The SMILES string of the molecule is Cc1cnc(NS(=O)(=O)c2csc(CO)c2)s1. The number of thiazole rings is 1. The zero-order valence-electron chi connectivity index (χ0n) is 8.87. The predicted octanol–water partition coefficient (Wildman–Crippen LogP) is 1.81. The average molecular weight is 290 g/mol. The van der Waals surface area contributed by atoms with Gasteiger partial charge in [0.15, 0.2) is 5.13 Å². The van der Waals surface area contributed by atoms with Crippen molar-refractivity contribution in [2.24, 2.45) is 0 Å². The molecule has 0 aliphatic carbocycles. The minimum Gasteiger partial charge on any atom is -0.391 e. The molecule has 92 valence electrons. The molecular weight excluding hydrogens is 280 g/mol. The standard InChI is InChI=1S/C9H10N2O3S3/c1-6-3-10-9(16-6)11-17(13,14)8-2-7(4-12)15-5-8/h2-3,5,12H,4H2,1H3,(H,10,11). The first kappa shape index (κ1) is 12.5. The van der Waals surface area contributed by atoms with Crippen molar-refractivity contribution >= 4 is 37.8 Å². The van der Waals surface area contributed by atoms with Gasteiger partial charge in [0.1, 0.15) is 0 Å². The molecule has 0 saturated heterocycles. The van der Waals surface area contributed by atoms with Crippen molar-refractivity contribution in [3.63, 3.8) is 0 Å². The summed E-state index contributed by atoms with van der Waals surface area (Å²) in [6.45, 7) is 1.69. The van der Waals surface area contributed by atoms with E-state index in [4.69, 9.17) is 5.11 Å². The molecule has 0 fully saturated rings. The van der Waals surface area contributed by atoms with Crippen molar-refractivity contribution in [2.75, 3.05) is 4.72 Å². The van der Waals surface area contributed by atoms with Crippen molar-refractivity contribution in [3.8, 4) is 0 Å². The first-order valence-electron chi connectivity index (χ1n) is 4.65. The average Bonchev–Trinajstić information content (AvgIpc) is 2.86. The summed E-state index contributed by atoms with van der Waals surface area (Å²) in [4.78, 5) is 5.63. The van der Waals surface area contributed by atoms with Crippen LogP contribution >= 0.6 is 22.7 Å². The van der Waals surface area contributed by atoms with Gasteiger partial charge in [-0.2, -0.15) is 0 Å². The highest BCUT2D eigenvalue weighted by Crippen LogP contribution is 2.24. The molecule has 2 aromatic heterocycles. The molecule has 2 rings (SSSR count). The lowest BCUT2D eigenvalue weighted by Crippen LogP contribution is -2.11. The van der Waals surface area contributed by atoms with Gasteiger partial charge in [0, 0.05) is 21.3 Å². The van der Waals surface area contributed by atoms with Gasteiger partial charge in [0.25, 0.3) is 10.0 Å². The third-order valence-electron chi connectivity index (χ3n) is 1.94. The van der Waals surface area contributed by atoms with Gasteiger partial charge in [-0.05, 0) is 13.0 Å². The summed E-state index contributed by atoms with van der Waals surface area (Å²) < 4.78 is 26.2. The highest BCUT2D eigenvalue weighted by molar-refractivity contribution is 7.93. The van der Waals surface area contributed by atoms with E-state index in [-0.39, 0.29) is 11.5 Å². The van der Waals surface area contributed by atoms with Crippen molar-refractivity contribution in [3.05, 3.63) is 27.4 Å². The summed E-state index contributed by atoms with van der Waals surface area (Å²) in [5.41, 5.74) is 0. The normalized spacial score (nSPS) is 11.6. The van der Waals surface area contributed by atoms with Gasteiger partial charge in [0.05, 0.1) is 11.5 Å². The summed E-state index contributed by atoms with van der Waals surface area (Å²) in [6.07, 6.45) is 1.61. The molecule has 0 aromatic carbocycles. The van der Waals surface area contributed by atoms with E-state index in [0.717, 1.165) is 4.88 Å². The predicted molar refractivity (Wildman–Crippen MR) is 67.9 cm³/mol. The van der Waals surface area contributed by atoms with Crippen molar-refractivity contribution in [2.45, 2.75) is 18.4 Å². The molecule has 0 bridgehead atoms. The van der Waals surface area contributed by atoms with Crippen LogP contribution in [0.3, 0.4) is 0 Å². The van der Waals surface area contributed by atoms with Gasteiger partial charge >= 0.3 is 0 Å². The van der Waals surface area contributed by atoms with E-state index >= 15 is 0 Å². The molecule has 0 radical (unpaired) electrons. The van der Waals surface area contributed by atoms with Crippen LogP contribution in [0.5, 0.6) is 0 Å². The van der Waals surface area contributed by atoms with Gasteiger partial charge in [-0.1, -0.05) is 0 Å². The van der Waals surface area contributed by atoms with Crippen LogP contribution in [0.4, 0.5) is 5.13 Å². The van der Waals surface area contributed by atoms with E-state index in [1.54, 1.807) is 6.20 Å². The fraction of sp³-hybridized carbons (Fsp3) is 0.222. The molecule has 0 aliphatic heterocycles. The number of hydrogen-bond acceptors (Lipinski definition) is 6. The number of anilines is 1. The fourth-order valence-electron chi connectivity index (χ4n) is 1.16. The summed E-state index contributed by atoms with van der Waals surface area (Å²) in [6, 6.07) is 1.45. The number of hydrogen-bond donors (Lipinski definition) is 2. The Morgan fingerprint density at radius 1 is 1.53 bits per heavy atom. The Balaban J connectivity index is 2.24. The molecule has 0 atom stereocenters. The minimum atomic E-state index is -3.59. The minimum absolute atomic E-state index is 0.152. The van der Waals surface area contributed by atoms with Crippen molar-refractivity contribution in [1.29, 1.82) is 0 Å². The topological polar surface area (TPSA) is 79.3 Å². The lowest BCUT2D eigenvalue weighted by atomic mass is 10.5. The second-order valence-corrected chi connectivity index (χ2v) is 7.20. The molecule has 2 heterocycles. The maximum atomic E-state index is 11.9. The van der Waals surface area contributed by atoms with Crippen LogP contribution in [0.1, 0.15) is 9.75 Å². The molecule has 2 N–H and O–H groups in total. The highest BCUT2D eigenvalue weighted by Gasteiger charge is 2.17. The zero-order chi connectivity index (χ0) is 12.5. The lowest BCUT2D eigenvalue weighted by Gasteiger charge is -2.01. The highest BCUT2D eigenvalue weighted by atomic mass is 32.2.